The quantitative estimate of drug-likeness (QED) is 0.584. The van der Waals surface area contributed by atoms with Gasteiger partial charge in [-0.15, -0.1) is 10.2 Å². The van der Waals surface area contributed by atoms with E-state index in [2.05, 4.69) is 42.1 Å². The van der Waals surface area contributed by atoms with Crippen LogP contribution in [0, 0.1) is 0 Å². The first kappa shape index (κ1) is 13.8. The zero-order valence-corrected chi connectivity index (χ0v) is 14.0. The number of halogens is 3. The zero-order valence-electron chi connectivity index (χ0n) is 10.1. The number of nitrogens with zero attached hydrogens (tertiary/aromatic N) is 3. The van der Waals surface area contributed by atoms with Gasteiger partial charge >= 0.3 is 0 Å². The van der Waals surface area contributed by atoms with E-state index in [9.17, 15) is 0 Å². The van der Waals surface area contributed by atoms with Crippen molar-refractivity contribution in [2.75, 3.05) is 0 Å². The lowest BCUT2D eigenvalue weighted by Crippen LogP contribution is -1.99. The second-order valence-electron chi connectivity index (χ2n) is 4.09. The molecular weight excluding hydrogens is 405 g/mol. The summed E-state index contributed by atoms with van der Waals surface area (Å²) in [6.45, 7) is 0. The summed E-state index contributed by atoms with van der Waals surface area (Å²) in [7, 11) is 0. The predicted molar refractivity (Wildman–Crippen MR) is 87.2 cm³/mol. The Morgan fingerprint density at radius 1 is 0.950 bits per heavy atom. The highest BCUT2D eigenvalue weighted by Gasteiger charge is 2.15. The SMILES string of the molecule is Clc1nnc(-c2ccccc2)n1-c1ccc(Br)cc1Br. The molecule has 0 saturated carbocycles. The Morgan fingerprint density at radius 3 is 2.40 bits per heavy atom. The molecule has 0 radical (unpaired) electrons. The topological polar surface area (TPSA) is 30.7 Å². The molecule has 0 aliphatic rings. The molecule has 0 aliphatic heterocycles. The summed E-state index contributed by atoms with van der Waals surface area (Å²) >= 11 is 13.2. The molecule has 0 N–H and O–H groups in total. The molecule has 0 aliphatic carbocycles. The number of hydrogen-bond donors (Lipinski definition) is 0. The standard InChI is InChI=1S/C14H8Br2ClN3/c15-10-6-7-12(11(16)8-10)20-13(18-19-14(20)17)9-4-2-1-3-5-9/h1-8H. The molecule has 2 aromatic carbocycles. The third-order valence-electron chi connectivity index (χ3n) is 2.81. The average molecular weight is 414 g/mol. The van der Waals surface area contributed by atoms with Gasteiger partial charge in [0.15, 0.2) is 5.82 Å². The lowest BCUT2D eigenvalue weighted by Gasteiger charge is -2.10. The number of benzene rings is 2. The van der Waals surface area contributed by atoms with Gasteiger partial charge in [-0.1, -0.05) is 46.3 Å². The fraction of sp³-hybridized carbons (Fsp3) is 0. The normalized spacial score (nSPS) is 10.8. The van der Waals surface area contributed by atoms with E-state index >= 15 is 0 Å². The van der Waals surface area contributed by atoms with Crippen LogP contribution >= 0.6 is 43.5 Å². The molecule has 6 heteroatoms. The van der Waals surface area contributed by atoms with Crippen molar-refractivity contribution in [1.82, 2.24) is 14.8 Å². The maximum atomic E-state index is 6.20. The fourth-order valence-corrected chi connectivity index (χ4v) is 3.35. The molecule has 1 heterocycles. The summed E-state index contributed by atoms with van der Waals surface area (Å²) < 4.78 is 3.71. The molecule has 0 fully saturated rings. The predicted octanol–water partition coefficient (Wildman–Crippen LogP) is 5.11. The van der Waals surface area contributed by atoms with E-state index in [1.54, 1.807) is 0 Å². The van der Waals surface area contributed by atoms with Crippen molar-refractivity contribution in [3.63, 3.8) is 0 Å². The molecule has 0 amide bonds. The van der Waals surface area contributed by atoms with Crippen LogP contribution in [0.25, 0.3) is 17.1 Å². The van der Waals surface area contributed by atoms with Crippen LogP contribution < -0.4 is 0 Å². The maximum Gasteiger partial charge on any atom is 0.229 e. The maximum absolute atomic E-state index is 6.20. The molecular formula is C14H8Br2ClN3. The van der Waals surface area contributed by atoms with Crippen LogP contribution in [0.1, 0.15) is 0 Å². The molecule has 100 valence electrons. The van der Waals surface area contributed by atoms with E-state index in [-0.39, 0.29) is 0 Å². The van der Waals surface area contributed by atoms with Gasteiger partial charge in [0.25, 0.3) is 0 Å². The van der Waals surface area contributed by atoms with Crippen LogP contribution in [0.3, 0.4) is 0 Å². The van der Waals surface area contributed by atoms with Crippen molar-refractivity contribution in [3.8, 4) is 17.1 Å². The van der Waals surface area contributed by atoms with Gasteiger partial charge in [0, 0.05) is 14.5 Å². The third kappa shape index (κ3) is 2.53. The first-order chi connectivity index (χ1) is 9.66. The number of rotatable bonds is 2. The highest BCUT2D eigenvalue weighted by Crippen LogP contribution is 2.31. The van der Waals surface area contributed by atoms with Crippen LogP contribution in [0.15, 0.2) is 57.5 Å². The van der Waals surface area contributed by atoms with Crippen molar-refractivity contribution in [1.29, 1.82) is 0 Å². The molecule has 0 saturated heterocycles. The fourth-order valence-electron chi connectivity index (χ4n) is 1.92. The summed E-state index contributed by atoms with van der Waals surface area (Å²) in [6.07, 6.45) is 0. The Kier molecular flexibility index (Phi) is 3.92. The summed E-state index contributed by atoms with van der Waals surface area (Å²) in [6, 6.07) is 15.7. The lowest BCUT2D eigenvalue weighted by atomic mass is 10.2. The zero-order chi connectivity index (χ0) is 14.1. The minimum atomic E-state index is 0.326. The first-order valence-electron chi connectivity index (χ1n) is 5.78. The van der Waals surface area contributed by atoms with Crippen molar-refractivity contribution in [2.45, 2.75) is 0 Å². The molecule has 1 aromatic heterocycles. The summed E-state index contributed by atoms with van der Waals surface area (Å²) in [5.41, 5.74) is 1.85. The second kappa shape index (κ2) is 5.68. The van der Waals surface area contributed by atoms with E-state index < -0.39 is 0 Å². The van der Waals surface area contributed by atoms with Crippen LogP contribution in [0.5, 0.6) is 0 Å². The number of aromatic nitrogens is 3. The lowest BCUT2D eigenvalue weighted by molar-refractivity contribution is 1.05. The molecule has 0 spiro atoms. The van der Waals surface area contributed by atoms with E-state index in [4.69, 9.17) is 11.6 Å². The van der Waals surface area contributed by atoms with Crippen molar-refractivity contribution < 1.29 is 0 Å². The Bertz CT molecular complexity index is 756. The Morgan fingerprint density at radius 2 is 1.70 bits per heavy atom. The molecule has 3 nitrogen and oxygen atoms in total. The minimum Gasteiger partial charge on any atom is -0.265 e. The summed E-state index contributed by atoms with van der Waals surface area (Å²) in [4.78, 5) is 0. The Labute approximate surface area is 137 Å². The van der Waals surface area contributed by atoms with Gasteiger partial charge in [0.2, 0.25) is 5.28 Å². The van der Waals surface area contributed by atoms with Crippen LogP contribution in [0.4, 0.5) is 0 Å². The molecule has 20 heavy (non-hydrogen) atoms. The molecule has 0 atom stereocenters. The molecule has 3 rings (SSSR count). The van der Waals surface area contributed by atoms with Gasteiger partial charge in [0.05, 0.1) is 5.69 Å². The monoisotopic (exact) mass is 411 g/mol. The van der Waals surface area contributed by atoms with Crippen LogP contribution in [0.2, 0.25) is 5.28 Å². The van der Waals surface area contributed by atoms with Gasteiger partial charge in [-0.25, -0.2) is 0 Å². The highest BCUT2D eigenvalue weighted by atomic mass is 79.9. The van der Waals surface area contributed by atoms with Gasteiger partial charge in [-0.2, -0.15) is 0 Å². The smallest absolute Gasteiger partial charge is 0.229 e. The van der Waals surface area contributed by atoms with Crippen molar-refractivity contribution in [3.05, 3.63) is 62.8 Å². The largest absolute Gasteiger partial charge is 0.265 e. The summed E-state index contributed by atoms with van der Waals surface area (Å²) in [5, 5.41) is 8.48. The van der Waals surface area contributed by atoms with Gasteiger partial charge < -0.3 is 0 Å². The van der Waals surface area contributed by atoms with Crippen molar-refractivity contribution in [2.24, 2.45) is 0 Å². The molecule has 3 aromatic rings. The number of hydrogen-bond acceptors (Lipinski definition) is 2. The summed E-state index contributed by atoms with van der Waals surface area (Å²) in [5.74, 6) is 0.707. The van der Waals surface area contributed by atoms with E-state index in [0.717, 1.165) is 20.2 Å². The molecule has 0 bridgehead atoms. The first-order valence-corrected chi connectivity index (χ1v) is 7.75. The third-order valence-corrected chi connectivity index (χ3v) is 4.18. The second-order valence-corrected chi connectivity index (χ2v) is 6.20. The van der Waals surface area contributed by atoms with E-state index in [0.29, 0.717) is 11.1 Å². The van der Waals surface area contributed by atoms with Crippen LogP contribution in [-0.2, 0) is 0 Å². The van der Waals surface area contributed by atoms with Gasteiger partial charge in [-0.05, 0) is 45.7 Å². The van der Waals surface area contributed by atoms with Gasteiger partial charge in [0.1, 0.15) is 0 Å². The van der Waals surface area contributed by atoms with E-state index in [1.807, 2.05) is 53.1 Å². The average Bonchev–Trinajstić information content (AvgIpc) is 2.82. The minimum absolute atomic E-state index is 0.326. The highest BCUT2D eigenvalue weighted by molar-refractivity contribution is 9.11. The van der Waals surface area contributed by atoms with Gasteiger partial charge in [-0.3, -0.25) is 4.57 Å². The Balaban J connectivity index is 2.22. The Hall–Kier alpha value is -1.17. The van der Waals surface area contributed by atoms with E-state index in [1.165, 1.54) is 0 Å². The molecule has 0 unspecified atom stereocenters. The van der Waals surface area contributed by atoms with Crippen LogP contribution in [-0.4, -0.2) is 14.8 Å². The van der Waals surface area contributed by atoms with Crippen molar-refractivity contribution >= 4 is 43.5 Å².